The predicted molar refractivity (Wildman–Crippen MR) is 104 cm³/mol. The number of fused-ring (bicyclic) bond motifs is 1. The van der Waals surface area contributed by atoms with Gasteiger partial charge in [-0.05, 0) is 43.6 Å². The van der Waals surface area contributed by atoms with Crippen LogP contribution in [0.2, 0.25) is 5.02 Å². The van der Waals surface area contributed by atoms with E-state index in [1.165, 1.54) is 5.82 Å². The molecule has 146 valence electrons. The molecule has 1 N–H and O–H groups in total. The number of halogens is 1. The van der Waals surface area contributed by atoms with Gasteiger partial charge in [0.2, 0.25) is 0 Å². The fourth-order valence-electron chi connectivity index (χ4n) is 4.09. The van der Waals surface area contributed by atoms with Crippen molar-refractivity contribution in [1.29, 1.82) is 0 Å². The molecule has 0 saturated carbocycles. The quantitative estimate of drug-likeness (QED) is 0.844. The van der Waals surface area contributed by atoms with E-state index in [0.717, 1.165) is 63.5 Å². The van der Waals surface area contributed by atoms with Gasteiger partial charge in [-0.2, -0.15) is 0 Å². The molecular weight excluding hydrogens is 366 g/mol. The maximum Gasteiger partial charge on any atom is 0.179 e. The van der Waals surface area contributed by atoms with Crippen LogP contribution in [0.25, 0.3) is 0 Å². The topological polar surface area (TPSA) is 64.4 Å². The second-order valence-corrected chi connectivity index (χ2v) is 7.57. The molecule has 7 nitrogen and oxygen atoms in total. The number of piperidine rings is 1. The fraction of sp³-hybridized carbons (Fsp3) is 0.579. The second-order valence-electron chi connectivity index (χ2n) is 7.17. The molecule has 1 fully saturated rings. The lowest BCUT2D eigenvalue weighted by Crippen LogP contribution is -2.34. The molecule has 2 aliphatic rings. The number of nitrogens with one attached hydrogen (secondary N) is 1. The Balaban J connectivity index is 1.40. The number of aromatic nitrogens is 3. The van der Waals surface area contributed by atoms with E-state index in [2.05, 4.69) is 25.0 Å². The first-order valence-electron chi connectivity index (χ1n) is 9.45. The van der Waals surface area contributed by atoms with Crippen LogP contribution in [0.1, 0.15) is 36.0 Å². The predicted octanol–water partition coefficient (Wildman–Crippen LogP) is 2.43. The summed E-state index contributed by atoms with van der Waals surface area (Å²) < 4.78 is 13.0. The first-order valence-corrected chi connectivity index (χ1v) is 9.83. The van der Waals surface area contributed by atoms with E-state index in [1.807, 2.05) is 12.1 Å². The normalized spacial score (nSPS) is 18.3. The minimum atomic E-state index is 0.495. The standard InChI is InChI=1S/C19H26ClN5O2/c1-26-16-10-13(9-15(20)18(16)27-2)12-24-6-3-14(4-7-24)19-23-22-17-11-21-5-8-25(17)19/h9-10,14,21H,3-8,11-12H2,1-2H3. The first-order chi connectivity index (χ1) is 13.2. The van der Waals surface area contributed by atoms with Crippen molar-refractivity contribution in [2.45, 2.75) is 38.4 Å². The molecule has 0 radical (unpaired) electrons. The van der Waals surface area contributed by atoms with E-state index >= 15 is 0 Å². The number of benzene rings is 1. The van der Waals surface area contributed by atoms with Crippen LogP contribution in [0.4, 0.5) is 0 Å². The highest BCUT2D eigenvalue weighted by molar-refractivity contribution is 6.32. The van der Waals surface area contributed by atoms with Crippen molar-refractivity contribution >= 4 is 11.6 Å². The Labute approximate surface area is 164 Å². The lowest BCUT2D eigenvalue weighted by Gasteiger charge is -2.32. The van der Waals surface area contributed by atoms with Crippen molar-refractivity contribution in [2.24, 2.45) is 0 Å². The van der Waals surface area contributed by atoms with E-state index in [1.54, 1.807) is 14.2 Å². The Morgan fingerprint density at radius 2 is 1.96 bits per heavy atom. The van der Waals surface area contributed by atoms with Crippen LogP contribution in [-0.4, -0.2) is 53.5 Å². The van der Waals surface area contributed by atoms with Crippen LogP contribution >= 0.6 is 11.6 Å². The lowest BCUT2D eigenvalue weighted by atomic mass is 9.95. The average Bonchev–Trinajstić information content (AvgIpc) is 3.12. The number of hydrogen-bond donors (Lipinski definition) is 1. The molecule has 0 spiro atoms. The fourth-order valence-corrected chi connectivity index (χ4v) is 4.40. The van der Waals surface area contributed by atoms with Gasteiger partial charge in [0.1, 0.15) is 11.6 Å². The Morgan fingerprint density at radius 1 is 1.15 bits per heavy atom. The molecule has 0 atom stereocenters. The van der Waals surface area contributed by atoms with Crippen molar-refractivity contribution in [1.82, 2.24) is 25.0 Å². The zero-order valence-electron chi connectivity index (χ0n) is 15.9. The second kappa shape index (κ2) is 8.04. The maximum atomic E-state index is 6.34. The van der Waals surface area contributed by atoms with Crippen LogP contribution in [0, 0.1) is 0 Å². The van der Waals surface area contributed by atoms with Crippen LogP contribution in [0.15, 0.2) is 12.1 Å². The highest BCUT2D eigenvalue weighted by Crippen LogP contribution is 2.37. The summed E-state index contributed by atoms with van der Waals surface area (Å²) in [4.78, 5) is 2.46. The molecule has 8 heteroatoms. The Hall–Kier alpha value is -1.83. The SMILES string of the molecule is COc1cc(CN2CCC(c3nnc4n3CCNC4)CC2)cc(Cl)c1OC. The number of ether oxygens (including phenoxy) is 2. The molecule has 0 bridgehead atoms. The third kappa shape index (κ3) is 3.77. The highest BCUT2D eigenvalue weighted by Gasteiger charge is 2.27. The van der Waals surface area contributed by atoms with Gasteiger partial charge in [-0.25, -0.2) is 0 Å². The average molecular weight is 392 g/mol. The summed E-state index contributed by atoms with van der Waals surface area (Å²) in [6.45, 7) is 5.73. The van der Waals surface area contributed by atoms with E-state index < -0.39 is 0 Å². The summed E-state index contributed by atoms with van der Waals surface area (Å²) in [7, 11) is 3.24. The largest absolute Gasteiger partial charge is 0.493 e. The smallest absolute Gasteiger partial charge is 0.179 e. The van der Waals surface area contributed by atoms with Gasteiger partial charge in [0, 0.05) is 25.6 Å². The molecule has 2 aliphatic heterocycles. The molecule has 27 heavy (non-hydrogen) atoms. The summed E-state index contributed by atoms with van der Waals surface area (Å²) >= 11 is 6.34. The van der Waals surface area contributed by atoms with Crippen LogP contribution in [-0.2, 0) is 19.6 Å². The van der Waals surface area contributed by atoms with Crippen molar-refractivity contribution in [3.8, 4) is 11.5 Å². The van der Waals surface area contributed by atoms with Gasteiger partial charge < -0.3 is 19.4 Å². The minimum Gasteiger partial charge on any atom is -0.493 e. The summed E-state index contributed by atoms with van der Waals surface area (Å²) in [5.74, 6) is 4.00. The third-order valence-electron chi connectivity index (χ3n) is 5.50. The molecule has 1 saturated heterocycles. The van der Waals surface area contributed by atoms with E-state index in [9.17, 15) is 0 Å². The summed E-state index contributed by atoms with van der Waals surface area (Å²) in [6, 6.07) is 3.98. The van der Waals surface area contributed by atoms with Gasteiger partial charge in [0.25, 0.3) is 0 Å². The first kappa shape index (κ1) is 18.5. The summed E-state index contributed by atoms with van der Waals surface area (Å²) in [5, 5.41) is 12.8. The van der Waals surface area contributed by atoms with Gasteiger partial charge in [-0.3, -0.25) is 4.90 Å². The Bertz CT molecular complexity index is 802. The zero-order valence-corrected chi connectivity index (χ0v) is 16.6. The molecule has 3 heterocycles. The molecule has 0 aliphatic carbocycles. The molecule has 1 aromatic heterocycles. The van der Waals surface area contributed by atoms with Gasteiger partial charge in [0.05, 0.1) is 25.8 Å². The third-order valence-corrected chi connectivity index (χ3v) is 5.78. The van der Waals surface area contributed by atoms with E-state index in [0.29, 0.717) is 22.4 Å². The molecule has 0 amide bonds. The Morgan fingerprint density at radius 3 is 2.70 bits per heavy atom. The summed E-state index contributed by atoms with van der Waals surface area (Å²) in [5.41, 5.74) is 1.14. The zero-order chi connectivity index (χ0) is 18.8. The van der Waals surface area contributed by atoms with Crippen molar-refractivity contribution < 1.29 is 9.47 Å². The number of nitrogens with zero attached hydrogens (tertiary/aromatic N) is 4. The molecule has 1 aromatic carbocycles. The van der Waals surface area contributed by atoms with Crippen LogP contribution < -0.4 is 14.8 Å². The van der Waals surface area contributed by atoms with Gasteiger partial charge in [-0.1, -0.05) is 11.6 Å². The van der Waals surface area contributed by atoms with Crippen molar-refractivity contribution in [3.63, 3.8) is 0 Å². The van der Waals surface area contributed by atoms with Crippen LogP contribution in [0.5, 0.6) is 11.5 Å². The maximum absolute atomic E-state index is 6.34. The number of likely N-dealkylation sites (tertiary alicyclic amines) is 1. The summed E-state index contributed by atoms with van der Waals surface area (Å²) in [6.07, 6.45) is 2.21. The number of rotatable bonds is 5. The number of methoxy groups -OCH3 is 2. The van der Waals surface area contributed by atoms with Gasteiger partial charge in [0.15, 0.2) is 11.5 Å². The monoisotopic (exact) mass is 391 g/mol. The molecular formula is C19H26ClN5O2. The molecule has 0 unspecified atom stereocenters. The molecule has 4 rings (SSSR count). The lowest BCUT2D eigenvalue weighted by molar-refractivity contribution is 0.199. The minimum absolute atomic E-state index is 0.495. The molecule has 2 aromatic rings. The van der Waals surface area contributed by atoms with E-state index in [-0.39, 0.29) is 0 Å². The Kier molecular flexibility index (Phi) is 5.52. The van der Waals surface area contributed by atoms with Crippen LogP contribution in [0.3, 0.4) is 0 Å². The van der Waals surface area contributed by atoms with E-state index in [4.69, 9.17) is 21.1 Å². The van der Waals surface area contributed by atoms with Crippen molar-refractivity contribution in [2.75, 3.05) is 33.9 Å². The van der Waals surface area contributed by atoms with Gasteiger partial charge >= 0.3 is 0 Å². The van der Waals surface area contributed by atoms with Gasteiger partial charge in [-0.15, -0.1) is 10.2 Å². The highest BCUT2D eigenvalue weighted by atomic mass is 35.5. The van der Waals surface area contributed by atoms with Crippen molar-refractivity contribution in [3.05, 3.63) is 34.4 Å². The number of hydrogen-bond acceptors (Lipinski definition) is 6.